The van der Waals surface area contributed by atoms with Crippen molar-refractivity contribution in [3.63, 3.8) is 0 Å². The molecule has 1 aliphatic carbocycles. The third kappa shape index (κ3) is 2.81. The summed E-state index contributed by atoms with van der Waals surface area (Å²) in [4.78, 5) is 5.62. The average Bonchev–Trinajstić information content (AvgIpc) is 2.68. The van der Waals surface area contributed by atoms with E-state index in [0.29, 0.717) is 0 Å². The van der Waals surface area contributed by atoms with E-state index in [1.54, 1.807) is 11.3 Å². The molecule has 0 radical (unpaired) electrons. The number of rotatable bonds is 3. The van der Waals surface area contributed by atoms with Gasteiger partial charge in [-0.3, -0.25) is 0 Å². The van der Waals surface area contributed by atoms with E-state index in [1.807, 2.05) is 6.20 Å². The first-order valence-corrected chi connectivity index (χ1v) is 6.85. The number of thiazole rings is 1. The zero-order chi connectivity index (χ0) is 11.5. The lowest BCUT2D eigenvalue weighted by molar-refractivity contribution is 0.0859. The maximum Gasteiger partial charge on any atom is 0.109 e. The number of aromatic nitrogens is 1. The Morgan fingerprint density at radius 1 is 1.50 bits per heavy atom. The quantitative estimate of drug-likeness (QED) is 0.853. The smallest absolute Gasteiger partial charge is 0.109 e. The first-order chi connectivity index (χ1) is 7.66. The molecular formula is C12H20N2OS. The van der Waals surface area contributed by atoms with E-state index >= 15 is 0 Å². The third-order valence-electron chi connectivity index (χ3n) is 3.20. The number of aliphatic hydroxyl groups excluding tert-OH is 1. The van der Waals surface area contributed by atoms with Gasteiger partial charge in [0.25, 0.3) is 0 Å². The van der Waals surface area contributed by atoms with Gasteiger partial charge in [-0.15, -0.1) is 11.3 Å². The largest absolute Gasteiger partial charge is 0.392 e. The molecule has 0 aliphatic heterocycles. The molecule has 0 spiro atoms. The zero-order valence-electron chi connectivity index (χ0n) is 9.94. The second kappa shape index (κ2) is 5.25. The van der Waals surface area contributed by atoms with Gasteiger partial charge in [-0.25, -0.2) is 4.98 Å². The average molecular weight is 240 g/mol. The van der Waals surface area contributed by atoms with Crippen LogP contribution in [0.3, 0.4) is 0 Å². The summed E-state index contributed by atoms with van der Waals surface area (Å²) in [5.74, 6) is 0. The summed E-state index contributed by atoms with van der Waals surface area (Å²) >= 11 is 1.73. The van der Waals surface area contributed by atoms with Crippen molar-refractivity contribution >= 4 is 11.3 Å². The van der Waals surface area contributed by atoms with Gasteiger partial charge in [-0.2, -0.15) is 0 Å². The van der Waals surface area contributed by atoms with Crippen LogP contribution in [-0.4, -0.2) is 22.2 Å². The fourth-order valence-electron chi connectivity index (χ4n) is 2.27. The standard InChI is InChI=1S/C12H20N2OS/c1-8-7-13-12(16-8)9(2)14-10-5-3-4-6-11(10)15/h7,9-11,14-15H,3-6H2,1-2H3. The molecule has 0 saturated heterocycles. The molecular weight excluding hydrogens is 220 g/mol. The van der Waals surface area contributed by atoms with Gasteiger partial charge in [0.15, 0.2) is 0 Å². The highest BCUT2D eigenvalue weighted by Gasteiger charge is 2.25. The van der Waals surface area contributed by atoms with Crippen LogP contribution in [0.4, 0.5) is 0 Å². The maximum absolute atomic E-state index is 9.89. The first-order valence-electron chi connectivity index (χ1n) is 6.03. The van der Waals surface area contributed by atoms with Gasteiger partial charge in [0, 0.05) is 17.1 Å². The molecule has 0 bridgehead atoms. The van der Waals surface area contributed by atoms with E-state index in [1.165, 1.54) is 11.3 Å². The van der Waals surface area contributed by atoms with Gasteiger partial charge in [-0.1, -0.05) is 12.8 Å². The lowest BCUT2D eigenvalue weighted by atomic mass is 9.92. The molecule has 1 fully saturated rings. The molecule has 2 rings (SSSR count). The Kier molecular flexibility index (Phi) is 3.95. The second-order valence-corrected chi connectivity index (χ2v) is 5.92. The topological polar surface area (TPSA) is 45.2 Å². The van der Waals surface area contributed by atoms with E-state index in [4.69, 9.17) is 0 Å². The Hall–Kier alpha value is -0.450. The molecule has 1 aromatic rings. The molecule has 16 heavy (non-hydrogen) atoms. The second-order valence-electron chi connectivity index (χ2n) is 4.66. The van der Waals surface area contributed by atoms with Gasteiger partial charge in [-0.05, 0) is 26.7 Å². The van der Waals surface area contributed by atoms with Crippen LogP contribution in [0.2, 0.25) is 0 Å². The van der Waals surface area contributed by atoms with Crippen molar-refractivity contribution < 1.29 is 5.11 Å². The molecule has 1 heterocycles. The normalized spacial score (nSPS) is 27.9. The Labute approximate surface area is 101 Å². The van der Waals surface area contributed by atoms with Crippen LogP contribution < -0.4 is 5.32 Å². The van der Waals surface area contributed by atoms with Crippen LogP contribution in [0.15, 0.2) is 6.20 Å². The predicted octanol–water partition coefficient (Wildman–Crippen LogP) is 2.41. The summed E-state index contributed by atoms with van der Waals surface area (Å²) in [5, 5.41) is 14.5. The molecule has 3 unspecified atom stereocenters. The number of aliphatic hydroxyl groups is 1. The minimum Gasteiger partial charge on any atom is -0.392 e. The van der Waals surface area contributed by atoms with Crippen molar-refractivity contribution in [3.05, 3.63) is 16.1 Å². The van der Waals surface area contributed by atoms with Crippen LogP contribution in [0.5, 0.6) is 0 Å². The minimum atomic E-state index is -0.183. The zero-order valence-corrected chi connectivity index (χ0v) is 10.8. The molecule has 4 heteroatoms. The van der Waals surface area contributed by atoms with Crippen LogP contribution >= 0.6 is 11.3 Å². The Morgan fingerprint density at radius 2 is 2.25 bits per heavy atom. The molecule has 1 saturated carbocycles. The lowest BCUT2D eigenvalue weighted by Gasteiger charge is -2.30. The summed E-state index contributed by atoms with van der Waals surface area (Å²) in [6.07, 6.45) is 6.12. The van der Waals surface area contributed by atoms with Gasteiger partial charge < -0.3 is 10.4 Å². The number of hydrogen-bond acceptors (Lipinski definition) is 4. The molecule has 2 N–H and O–H groups in total. The molecule has 90 valence electrons. The van der Waals surface area contributed by atoms with Gasteiger partial charge in [0.05, 0.1) is 12.1 Å². The predicted molar refractivity (Wildman–Crippen MR) is 66.7 cm³/mol. The highest BCUT2D eigenvalue weighted by Crippen LogP contribution is 2.24. The fraction of sp³-hybridized carbons (Fsp3) is 0.750. The van der Waals surface area contributed by atoms with Crippen LogP contribution in [0.1, 0.15) is 48.5 Å². The van der Waals surface area contributed by atoms with Crippen molar-refractivity contribution in [2.75, 3.05) is 0 Å². The van der Waals surface area contributed by atoms with Crippen molar-refractivity contribution in [1.82, 2.24) is 10.3 Å². The van der Waals surface area contributed by atoms with Crippen LogP contribution in [0, 0.1) is 6.92 Å². The first kappa shape index (κ1) is 12.0. The van der Waals surface area contributed by atoms with Crippen molar-refractivity contribution in [3.8, 4) is 0 Å². The molecule has 1 aromatic heterocycles. The van der Waals surface area contributed by atoms with E-state index in [0.717, 1.165) is 24.3 Å². The van der Waals surface area contributed by atoms with Gasteiger partial charge >= 0.3 is 0 Å². The Morgan fingerprint density at radius 3 is 2.88 bits per heavy atom. The summed E-state index contributed by atoms with van der Waals surface area (Å²) in [6.45, 7) is 4.20. The highest BCUT2D eigenvalue weighted by atomic mass is 32.1. The summed E-state index contributed by atoms with van der Waals surface area (Å²) < 4.78 is 0. The Balaban J connectivity index is 1.93. The minimum absolute atomic E-state index is 0.183. The van der Waals surface area contributed by atoms with E-state index in [2.05, 4.69) is 24.1 Å². The third-order valence-corrected chi connectivity index (χ3v) is 4.30. The number of aryl methyl sites for hydroxylation is 1. The molecule has 3 atom stereocenters. The highest BCUT2D eigenvalue weighted by molar-refractivity contribution is 7.11. The number of nitrogens with zero attached hydrogens (tertiary/aromatic N) is 1. The van der Waals surface area contributed by atoms with E-state index < -0.39 is 0 Å². The summed E-state index contributed by atoms with van der Waals surface area (Å²) in [6, 6.07) is 0.490. The molecule has 1 aliphatic rings. The SMILES string of the molecule is Cc1cnc(C(C)NC2CCCCC2O)s1. The number of nitrogens with one attached hydrogen (secondary N) is 1. The lowest BCUT2D eigenvalue weighted by Crippen LogP contribution is -2.43. The van der Waals surface area contributed by atoms with Crippen LogP contribution in [-0.2, 0) is 0 Å². The van der Waals surface area contributed by atoms with Crippen LogP contribution in [0.25, 0.3) is 0 Å². The molecule has 0 aromatic carbocycles. The van der Waals surface area contributed by atoms with Crippen molar-refractivity contribution in [1.29, 1.82) is 0 Å². The Bertz CT molecular complexity index is 340. The van der Waals surface area contributed by atoms with Crippen molar-refractivity contribution in [2.24, 2.45) is 0 Å². The summed E-state index contributed by atoms with van der Waals surface area (Å²) in [5.41, 5.74) is 0. The summed E-state index contributed by atoms with van der Waals surface area (Å²) in [7, 11) is 0. The molecule has 0 amide bonds. The maximum atomic E-state index is 9.89. The van der Waals surface area contributed by atoms with E-state index in [-0.39, 0.29) is 18.2 Å². The van der Waals surface area contributed by atoms with Gasteiger partial charge in [0.1, 0.15) is 5.01 Å². The molecule has 3 nitrogen and oxygen atoms in total. The number of hydrogen-bond donors (Lipinski definition) is 2. The fourth-order valence-corrected chi connectivity index (χ4v) is 3.06. The van der Waals surface area contributed by atoms with E-state index in [9.17, 15) is 5.11 Å². The van der Waals surface area contributed by atoms with Crippen molar-refractivity contribution in [2.45, 2.75) is 57.7 Å². The monoisotopic (exact) mass is 240 g/mol. The van der Waals surface area contributed by atoms with Gasteiger partial charge in [0.2, 0.25) is 0 Å².